The number of rotatable bonds is 11. The molecule has 3 rings (SSSR count). The van der Waals surface area contributed by atoms with E-state index in [1.165, 1.54) is 6.92 Å². The van der Waals surface area contributed by atoms with Crippen LogP contribution in [0.25, 0.3) is 11.7 Å². The summed E-state index contributed by atoms with van der Waals surface area (Å²) in [7, 11) is 1.55. The number of carboxylic acids is 1. The van der Waals surface area contributed by atoms with Crippen LogP contribution in [0.1, 0.15) is 36.8 Å². The molecule has 0 spiro atoms. The summed E-state index contributed by atoms with van der Waals surface area (Å²) in [6.45, 7) is 3.19. The van der Waals surface area contributed by atoms with Crippen LogP contribution >= 0.6 is 0 Å². The maximum absolute atomic E-state index is 11.2. The molecule has 1 N–H and O–H groups in total. The van der Waals surface area contributed by atoms with Gasteiger partial charge in [0.05, 0.1) is 13.4 Å². The Bertz CT molecular complexity index is 1050. The van der Waals surface area contributed by atoms with Crippen molar-refractivity contribution >= 4 is 11.9 Å². The first-order chi connectivity index (χ1) is 15.4. The number of carbonyl (C=O) groups excluding carboxylic acids is 1. The molecular weight excluding hydrogens is 418 g/mol. The molecule has 0 radical (unpaired) electrons. The lowest BCUT2D eigenvalue weighted by molar-refractivity contribution is -0.162. The molecule has 0 aliphatic heterocycles. The highest BCUT2D eigenvalue weighted by atomic mass is 16.6. The van der Waals surface area contributed by atoms with Crippen LogP contribution in [0, 0.1) is 6.92 Å². The van der Waals surface area contributed by atoms with Gasteiger partial charge in [0.1, 0.15) is 18.1 Å². The normalized spacial score (nSPS) is 11.7. The smallest absolute Gasteiger partial charge is 0.345 e. The number of aliphatic carboxylic acids is 1. The molecule has 0 saturated carbocycles. The van der Waals surface area contributed by atoms with Crippen LogP contribution in [0.5, 0.6) is 11.5 Å². The molecule has 32 heavy (non-hydrogen) atoms. The van der Waals surface area contributed by atoms with Gasteiger partial charge in [-0.15, -0.1) is 0 Å². The Labute approximate surface area is 184 Å². The quantitative estimate of drug-likeness (QED) is 0.435. The lowest BCUT2D eigenvalue weighted by Crippen LogP contribution is -2.26. The molecule has 0 unspecified atom stereocenters. The minimum Gasteiger partial charge on any atom is -0.493 e. The van der Waals surface area contributed by atoms with Crippen molar-refractivity contribution in [1.29, 1.82) is 0 Å². The number of esters is 1. The first-order valence-electron chi connectivity index (χ1n) is 10.1. The second-order valence-electron chi connectivity index (χ2n) is 7.10. The third-order valence-corrected chi connectivity index (χ3v) is 4.73. The van der Waals surface area contributed by atoms with Gasteiger partial charge in [0, 0.05) is 6.92 Å². The summed E-state index contributed by atoms with van der Waals surface area (Å²) in [5.74, 6) is 0.889. The summed E-state index contributed by atoms with van der Waals surface area (Å²) in [6.07, 6.45) is 1.75. The van der Waals surface area contributed by atoms with E-state index in [0.717, 1.165) is 5.56 Å². The summed E-state index contributed by atoms with van der Waals surface area (Å²) in [6, 6.07) is 9.03. The summed E-state index contributed by atoms with van der Waals surface area (Å²) < 4.78 is 27.1. The number of carboxylic acid groups (broad SMARTS) is 1. The van der Waals surface area contributed by atoms with E-state index in [0.29, 0.717) is 47.4 Å². The molecule has 2 heterocycles. The summed E-state index contributed by atoms with van der Waals surface area (Å²) in [4.78, 5) is 26.6. The van der Waals surface area contributed by atoms with Gasteiger partial charge in [0.15, 0.2) is 23.4 Å². The first-order valence-corrected chi connectivity index (χ1v) is 10.1. The molecular formula is C23H25NO8. The van der Waals surface area contributed by atoms with E-state index in [-0.39, 0.29) is 13.0 Å². The van der Waals surface area contributed by atoms with Crippen molar-refractivity contribution in [2.75, 3.05) is 7.11 Å². The zero-order valence-corrected chi connectivity index (χ0v) is 18.1. The summed E-state index contributed by atoms with van der Waals surface area (Å²) in [5, 5.41) is 9.13. The molecule has 9 heteroatoms. The Hall–Kier alpha value is -3.75. The average molecular weight is 443 g/mol. The number of ether oxygens (including phenoxy) is 3. The standard InChI is InChI=1S/C23H25NO8/c1-14-17(24-22(31-14)19-8-5-11-29-19)13-30-18-10-9-16(12-21(18)28-3)6-4-7-20(23(26)27)32-15(2)25/h5,8-12,20H,4,6-7,13H2,1-3H3,(H,26,27)/t20-/m1/s1. The molecule has 2 aromatic heterocycles. The van der Waals surface area contributed by atoms with Gasteiger partial charge in [-0.1, -0.05) is 6.07 Å². The summed E-state index contributed by atoms with van der Waals surface area (Å²) >= 11 is 0. The summed E-state index contributed by atoms with van der Waals surface area (Å²) in [5.41, 5.74) is 1.59. The van der Waals surface area contributed by atoms with E-state index in [9.17, 15) is 9.59 Å². The molecule has 0 aliphatic rings. The van der Waals surface area contributed by atoms with E-state index >= 15 is 0 Å². The van der Waals surface area contributed by atoms with Gasteiger partial charge in [0.25, 0.3) is 5.89 Å². The molecule has 1 aromatic carbocycles. The maximum atomic E-state index is 11.2. The lowest BCUT2D eigenvalue weighted by Gasteiger charge is -2.13. The molecule has 1 atom stereocenters. The van der Waals surface area contributed by atoms with Crippen molar-refractivity contribution < 1.29 is 37.7 Å². The number of hydrogen-bond acceptors (Lipinski definition) is 8. The van der Waals surface area contributed by atoms with E-state index in [1.807, 2.05) is 12.1 Å². The van der Waals surface area contributed by atoms with Crippen LogP contribution in [-0.2, 0) is 27.4 Å². The Balaban J connectivity index is 1.59. The van der Waals surface area contributed by atoms with Crippen molar-refractivity contribution in [1.82, 2.24) is 4.98 Å². The molecule has 9 nitrogen and oxygen atoms in total. The van der Waals surface area contributed by atoms with Crippen molar-refractivity contribution in [2.45, 2.75) is 45.8 Å². The third-order valence-electron chi connectivity index (χ3n) is 4.73. The highest BCUT2D eigenvalue weighted by Gasteiger charge is 2.20. The number of methoxy groups -OCH3 is 1. The van der Waals surface area contributed by atoms with Crippen molar-refractivity contribution in [3.63, 3.8) is 0 Å². The topological polar surface area (TPSA) is 121 Å². The highest BCUT2D eigenvalue weighted by Crippen LogP contribution is 2.30. The third kappa shape index (κ3) is 5.90. The predicted molar refractivity (Wildman–Crippen MR) is 112 cm³/mol. The SMILES string of the molecule is COc1cc(CCC[C@@H](OC(C)=O)C(=O)O)ccc1OCc1nc(-c2ccco2)oc1C. The van der Waals surface area contributed by atoms with Crippen LogP contribution in [0.4, 0.5) is 0 Å². The Morgan fingerprint density at radius 1 is 1.22 bits per heavy atom. The van der Waals surface area contributed by atoms with Gasteiger partial charge in [-0.3, -0.25) is 4.79 Å². The largest absolute Gasteiger partial charge is 0.493 e. The number of benzene rings is 1. The Morgan fingerprint density at radius 2 is 2.03 bits per heavy atom. The van der Waals surface area contributed by atoms with Crippen LogP contribution < -0.4 is 9.47 Å². The fraction of sp³-hybridized carbons (Fsp3) is 0.348. The number of nitrogens with zero attached hydrogens (tertiary/aromatic N) is 1. The van der Waals surface area contributed by atoms with Crippen LogP contribution in [-0.4, -0.2) is 35.2 Å². The Kier molecular flexibility index (Phi) is 7.54. The maximum Gasteiger partial charge on any atom is 0.345 e. The molecule has 0 saturated heterocycles. The van der Waals surface area contributed by atoms with Gasteiger partial charge in [-0.2, -0.15) is 0 Å². The zero-order chi connectivity index (χ0) is 23.1. The van der Waals surface area contributed by atoms with Crippen LogP contribution in [0.2, 0.25) is 0 Å². The van der Waals surface area contributed by atoms with Gasteiger partial charge < -0.3 is 28.2 Å². The molecule has 0 bridgehead atoms. The number of aryl methyl sites for hydroxylation is 2. The van der Waals surface area contributed by atoms with E-state index < -0.39 is 18.0 Å². The monoisotopic (exact) mass is 443 g/mol. The minimum absolute atomic E-state index is 0.189. The highest BCUT2D eigenvalue weighted by molar-refractivity contribution is 5.76. The number of furan rings is 1. The van der Waals surface area contributed by atoms with Gasteiger partial charge in [0.2, 0.25) is 0 Å². The molecule has 0 amide bonds. The lowest BCUT2D eigenvalue weighted by atomic mass is 10.1. The van der Waals surface area contributed by atoms with E-state index in [4.69, 9.17) is 28.2 Å². The minimum atomic E-state index is -1.15. The van der Waals surface area contributed by atoms with Crippen molar-refractivity contribution in [2.24, 2.45) is 0 Å². The number of carbonyl (C=O) groups is 2. The fourth-order valence-electron chi connectivity index (χ4n) is 3.13. The number of oxazole rings is 1. The van der Waals surface area contributed by atoms with Crippen molar-refractivity contribution in [3.05, 3.63) is 53.6 Å². The van der Waals surface area contributed by atoms with Crippen LogP contribution in [0.15, 0.2) is 45.4 Å². The second kappa shape index (κ2) is 10.5. The van der Waals surface area contributed by atoms with E-state index in [1.54, 1.807) is 38.5 Å². The predicted octanol–water partition coefficient (Wildman–Crippen LogP) is 4.17. The molecule has 170 valence electrons. The number of hydrogen-bond donors (Lipinski definition) is 1. The molecule has 0 aliphatic carbocycles. The molecule has 0 fully saturated rings. The Morgan fingerprint density at radius 3 is 2.69 bits per heavy atom. The van der Waals surface area contributed by atoms with Crippen LogP contribution in [0.3, 0.4) is 0 Å². The second-order valence-corrected chi connectivity index (χ2v) is 7.10. The fourth-order valence-corrected chi connectivity index (χ4v) is 3.13. The van der Waals surface area contributed by atoms with Gasteiger partial charge in [-0.25, -0.2) is 9.78 Å². The first kappa shape index (κ1) is 22.9. The van der Waals surface area contributed by atoms with Gasteiger partial charge in [-0.05, 0) is 56.0 Å². The average Bonchev–Trinajstić information content (AvgIpc) is 3.41. The molecule has 3 aromatic rings. The van der Waals surface area contributed by atoms with Crippen molar-refractivity contribution in [3.8, 4) is 23.1 Å². The van der Waals surface area contributed by atoms with E-state index in [2.05, 4.69) is 4.98 Å². The zero-order valence-electron chi connectivity index (χ0n) is 18.1. The van der Waals surface area contributed by atoms with Gasteiger partial charge >= 0.3 is 11.9 Å². The number of aromatic nitrogens is 1.